The smallest absolute Gasteiger partial charge is 0.267 e. The van der Waals surface area contributed by atoms with Crippen molar-refractivity contribution in [2.45, 2.75) is 0 Å². The monoisotopic (exact) mass is 449 g/mol. The number of nitrogens with one attached hydrogen (secondary N) is 2. The van der Waals surface area contributed by atoms with Crippen LogP contribution < -0.4 is 10.9 Å². The van der Waals surface area contributed by atoms with E-state index in [1.807, 2.05) is 6.07 Å². The summed E-state index contributed by atoms with van der Waals surface area (Å²) >= 11 is 19.9. The zero-order valence-corrected chi connectivity index (χ0v) is 17.0. The predicted molar refractivity (Wildman–Crippen MR) is 115 cm³/mol. The summed E-state index contributed by atoms with van der Waals surface area (Å²) in [6.45, 7) is 0. The maximum atomic E-state index is 12.8. The molecule has 1 amide bonds. The number of amides is 1. The van der Waals surface area contributed by atoms with Gasteiger partial charge in [-0.3, -0.25) is 9.59 Å². The Morgan fingerprint density at radius 2 is 1.89 bits per heavy atom. The first-order valence-electron chi connectivity index (χ1n) is 7.97. The van der Waals surface area contributed by atoms with Crippen molar-refractivity contribution in [3.05, 3.63) is 78.8 Å². The first kappa shape index (κ1) is 19.0. The number of fused-ring (bicyclic) bond motifs is 1. The molecule has 5 nitrogen and oxygen atoms in total. The number of aromatic amines is 1. The Kier molecular flexibility index (Phi) is 5.12. The Bertz CT molecular complexity index is 1260. The third-order valence-corrected chi connectivity index (χ3v) is 6.09. The fourth-order valence-corrected chi connectivity index (χ4v) is 4.98. The molecule has 2 aromatic carbocycles. The highest BCUT2D eigenvalue weighted by Gasteiger charge is 2.20. The Morgan fingerprint density at radius 1 is 1.07 bits per heavy atom. The quantitative estimate of drug-likeness (QED) is 0.410. The number of thiophene rings is 1. The van der Waals surface area contributed by atoms with Crippen molar-refractivity contribution in [2.75, 3.05) is 5.32 Å². The van der Waals surface area contributed by atoms with E-state index in [0.29, 0.717) is 31.7 Å². The van der Waals surface area contributed by atoms with Gasteiger partial charge >= 0.3 is 0 Å². The van der Waals surface area contributed by atoms with Crippen LogP contribution in [0.3, 0.4) is 0 Å². The van der Waals surface area contributed by atoms with E-state index in [0.717, 1.165) is 10.3 Å². The average Bonchev–Trinajstić information content (AvgIpc) is 2.99. The van der Waals surface area contributed by atoms with Gasteiger partial charge in [-0.25, -0.2) is 5.10 Å². The van der Waals surface area contributed by atoms with Gasteiger partial charge in [-0.1, -0.05) is 46.9 Å². The minimum absolute atomic E-state index is 0.286. The molecule has 0 aliphatic rings. The number of carbonyl (C=O) groups is 1. The Morgan fingerprint density at radius 3 is 2.64 bits per heavy atom. The predicted octanol–water partition coefficient (Wildman–Crippen LogP) is 5.86. The van der Waals surface area contributed by atoms with E-state index in [1.54, 1.807) is 36.4 Å². The first-order chi connectivity index (χ1) is 13.4. The average molecular weight is 451 g/mol. The van der Waals surface area contributed by atoms with Gasteiger partial charge in [0, 0.05) is 32.4 Å². The highest BCUT2D eigenvalue weighted by atomic mass is 35.5. The fraction of sp³-hybridized carbons (Fsp3) is 0. The van der Waals surface area contributed by atoms with Crippen molar-refractivity contribution >= 4 is 67.8 Å². The number of halogens is 3. The molecule has 0 saturated heterocycles. The number of hydrogen-bond acceptors (Lipinski definition) is 4. The maximum Gasteiger partial charge on any atom is 0.267 e. The van der Waals surface area contributed by atoms with Crippen molar-refractivity contribution in [1.29, 1.82) is 0 Å². The topological polar surface area (TPSA) is 74.8 Å². The molecule has 4 rings (SSSR count). The van der Waals surface area contributed by atoms with Crippen LogP contribution in [0.15, 0.2) is 53.3 Å². The molecule has 0 aliphatic carbocycles. The number of anilines is 1. The van der Waals surface area contributed by atoms with Crippen LogP contribution in [0.2, 0.25) is 15.1 Å². The molecule has 28 heavy (non-hydrogen) atoms. The van der Waals surface area contributed by atoms with Crippen LogP contribution >= 0.6 is 46.1 Å². The zero-order valence-electron chi connectivity index (χ0n) is 13.9. The van der Waals surface area contributed by atoms with Crippen molar-refractivity contribution in [3.8, 4) is 11.3 Å². The molecule has 140 valence electrons. The Balaban J connectivity index is 1.66. The van der Waals surface area contributed by atoms with Gasteiger partial charge in [0.25, 0.3) is 11.5 Å². The summed E-state index contributed by atoms with van der Waals surface area (Å²) in [6.07, 6.45) is 0. The van der Waals surface area contributed by atoms with E-state index in [-0.39, 0.29) is 16.5 Å². The van der Waals surface area contributed by atoms with Crippen molar-refractivity contribution < 1.29 is 4.79 Å². The second-order valence-corrected chi connectivity index (χ2v) is 8.12. The minimum atomic E-state index is -0.357. The molecule has 0 fully saturated rings. The van der Waals surface area contributed by atoms with Gasteiger partial charge in [-0.2, -0.15) is 5.10 Å². The highest BCUT2D eigenvalue weighted by molar-refractivity contribution is 7.21. The van der Waals surface area contributed by atoms with E-state index in [2.05, 4.69) is 15.5 Å². The Hall–Kier alpha value is -2.38. The molecular formula is C19H10Cl3N3O2S. The summed E-state index contributed by atoms with van der Waals surface area (Å²) in [7, 11) is 0. The summed E-state index contributed by atoms with van der Waals surface area (Å²) in [5.74, 6) is -0.357. The van der Waals surface area contributed by atoms with Gasteiger partial charge < -0.3 is 5.32 Å². The highest BCUT2D eigenvalue weighted by Crippen LogP contribution is 2.41. The van der Waals surface area contributed by atoms with E-state index in [1.165, 1.54) is 17.4 Å². The van der Waals surface area contributed by atoms with Crippen LogP contribution in [0.4, 0.5) is 5.69 Å². The second kappa shape index (κ2) is 7.56. The summed E-state index contributed by atoms with van der Waals surface area (Å²) in [5, 5.41) is 11.0. The minimum Gasteiger partial charge on any atom is -0.321 e. The number of hydrogen-bond donors (Lipinski definition) is 2. The van der Waals surface area contributed by atoms with E-state index in [9.17, 15) is 9.59 Å². The van der Waals surface area contributed by atoms with Crippen molar-refractivity contribution in [3.63, 3.8) is 0 Å². The first-order valence-corrected chi connectivity index (χ1v) is 9.92. The third-order valence-electron chi connectivity index (χ3n) is 3.95. The maximum absolute atomic E-state index is 12.8. The molecule has 2 aromatic heterocycles. The lowest BCUT2D eigenvalue weighted by Gasteiger charge is -2.06. The van der Waals surface area contributed by atoms with Crippen molar-refractivity contribution in [2.24, 2.45) is 0 Å². The molecule has 9 heteroatoms. The number of aromatic nitrogens is 2. The number of rotatable bonds is 3. The van der Waals surface area contributed by atoms with Gasteiger partial charge in [0.1, 0.15) is 4.88 Å². The largest absolute Gasteiger partial charge is 0.321 e. The van der Waals surface area contributed by atoms with Crippen LogP contribution in [0.1, 0.15) is 9.67 Å². The normalized spacial score (nSPS) is 11.0. The summed E-state index contributed by atoms with van der Waals surface area (Å²) < 4.78 is 0.735. The lowest BCUT2D eigenvalue weighted by atomic mass is 10.1. The van der Waals surface area contributed by atoms with Gasteiger partial charge in [0.05, 0.1) is 15.7 Å². The van der Waals surface area contributed by atoms with E-state index >= 15 is 0 Å². The standard InChI is InChI=1S/C19H10Cl3N3O2S/c20-10-7-12(21)16-14(8-10)28-18(17(16)22)19(27)23-11-3-1-2-9(6-11)13-4-5-15(26)25-24-13/h1-8H,(H,23,27)(H,25,26). The molecule has 0 atom stereocenters. The van der Waals surface area contributed by atoms with E-state index in [4.69, 9.17) is 34.8 Å². The fourth-order valence-electron chi connectivity index (χ4n) is 2.71. The lowest BCUT2D eigenvalue weighted by Crippen LogP contribution is -2.10. The molecule has 0 aliphatic heterocycles. The zero-order chi connectivity index (χ0) is 19.8. The third kappa shape index (κ3) is 3.64. The molecular weight excluding hydrogens is 441 g/mol. The number of carbonyl (C=O) groups excluding carboxylic acids is 1. The van der Waals surface area contributed by atoms with Crippen LogP contribution in [0.25, 0.3) is 21.3 Å². The molecule has 2 heterocycles. The van der Waals surface area contributed by atoms with Crippen LogP contribution in [-0.4, -0.2) is 16.1 Å². The van der Waals surface area contributed by atoms with Crippen LogP contribution in [0, 0.1) is 0 Å². The van der Waals surface area contributed by atoms with Gasteiger partial charge in [0.15, 0.2) is 0 Å². The van der Waals surface area contributed by atoms with Gasteiger partial charge in [-0.05, 0) is 30.3 Å². The lowest BCUT2D eigenvalue weighted by molar-refractivity contribution is 0.103. The molecule has 4 aromatic rings. The van der Waals surface area contributed by atoms with Crippen LogP contribution in [0.5, 0.6) is 0 Å². The van der Waals surface area contributed by atoms with Crippen LogP contribution in [-0.2, 0) is 0 Å². The number of benzene rings is 2. The second-order valence-electron chi connectivity index (χ2n) is 5.85. The van der Waals surface area contributed by atoms with Crippen molar-refractivity contribution in [1.82, 2.24) is 10.2 Å². The molecule has 0 saturated carbocycles. The van der Waals surface area contributed by atoms with E-state index < -0.39 is 0 Å². The summed E-state index contributed by atoms with van der Waals surface area (Å²) in [6, 6.07) is 13.4. The molecule has 2 N–H and O–H groups in total. The summed E-state index contributed by atoms with van der Waals surface area (Å²) in [5.41, 5.74) is 1.60. The summed E-state index contributed by atoms with van der Waals surface area (Å²) in [4.78, 5) is 24.3. The molecule has 0 bridgehead atoms. The Labute approximate surface area is 177 Å². The number of H-pyrrole nitrogens is 1. The molecule has 0 radical (unpaired) electrons. The molecule has 0 spiro atoms. The molecule has 0 unspecified atom stereocenters. The number of nitrogens with zero attached hydrogens (tertiary/aromatic N) is 1. The van der Waals surface area contributed by atoms with Gasteiger partial charge in [-0.15, -0.1) is 11.3 Å². The SMILES string of the molecule is O=C(Nc1cccc(-c2ccc(=O)[nH]n2)c1)c1sc2cc(Cl)cc(Cl)c2c1Cl. The van der Waals surface area contributed by atoms with Gasteiger partial charge in [0.2, 0.25) is 0 Å².